The van der Waals surface area contributed by atoms with E-state index in [4.69, 9.17) is 5.11 Å². The molecule has 0 fully saturated rings. The van der Waals surface area contributed by atoms with Crippen molar-refractivity contribution in [2.24, 2.45) is 0 Å². The molecule has 3 nitrogen and oxygen atoms in total. The molecule has 0 aliphatic rings. The molecule has 1 aromatic heterocycles. The van der Waals surface area contributed by atoms with E-state index >= 15 is 0 Å². The van der Waals surface area contributed by atoms with Gasteiger partial charge in [-0.2, -0.15) is 0 Å². The van der Waals surface area contributed by atoms with Gasteiger partial charge in [0.05, 0.1) is 0 Å². The second kappa shape index (κ2) is 8.22. The molecule has 2 N–H and O–H groups in total. The molecule has 1 heterocycles. The van der Waals surface area contributed by atoms with Gasteiger partial charge in [-0.3, -0.25) is 0 Å². The van der Waals surface area contributed by atoms with E-state index in [9.17, 15) is 5.11 Å². The van der Waals surface area contributed by atoms with E-state index < -0.39 is 0 Å². The zero-order valence-electron chi connectivity index (χ0n) is 9.94. The van der Waals surface area contributed by atoms with E-state index in [2.05, 4.69) is 0 Å². The molecule has 1 rings (SSSR count). The van der Waals surface area contributed by atoms with E-state index in [1.807, 2.05) is 16.8 Å². The SMILES string of the molecule is OCCCCCCCCCn1cccc1O. The first kappa shape index (κ1) is 13.1. The lowest BCUT2D eigenvalue weighted by molar-refractivity contribution is 0.282. The summed E-state index contributed by atoms with van der Waals surface area (Å²) in [5.74, 6) is 0.364. The molecule has 0 aliphatic carbocycles. The number of hydrogen-bond acceptors (Lipinski definition) is 2. The first-order valence-corrected chi connectivity index (χ1v) is 6.29. The molecule has 0 unspecified atom stereocenters. The molecule has 0 aromatic carbocycles. The number of aliphatic hydroxyl groups excluding tert-OH is 1. The third-order valence-corrected chi connectivity index (χ3v) is 2.86. The van der Waals surface area contributed by atoms with Crippen molar-refractivity contribution < 1.29 is 10.2 Å². The predicted molar refractivity (Wildman–Crippen MR) is 65.5 cm³/mol. The van der Waals surface area contributed by atoms with Crippen LogP contribution in [0.25, 0.3) is 0 Å². The van der Waals surface area contributed by atoms with E-state index in [1.54, 1.807) is 6.07 Å². The fourth-order valence-electron chi connectivity index (χ4n) is 1.87. The lowest BCUT2D eigenvalue weighted by atomic mass is 10.1. The van der Waals surface area contributed by atoms with Crippen LogP contribution in [0.5, 0.6) is 5.88 Å². The number of aromatic nitrogens is 1. The van der Waals surface area contributed by atoms with Crippen LogP contribution >= 0.6 is 0 Å². The zero-order valence-corrected chi connectivity index (χ0v) is 9.94. The molecular weight excluding hydrogens is 202 g/mol. The highest BCUT2D eigenvalue weighted by atomic mass is 16.3. The molecule has 0 aliphatic heterocycles. The number of nitrogens with zero attached hydrogens (tertiary/aromatic N) is 1. The third kappa shape index (κ3) is 5.21. The summed E-state index contributed by atoms with van der Waals surface area (Å²) >= 11 is 0. The van der Waals surface area contributed by atoms with Crippen molar-refractivity contribution >= 4 is 0 Å². The molecule has 92 valence electrons. The number of aromatic hydroxyl groups is 1. The van der Waals surface area contributed by atoms with Gasteiger partial charge in [0.25, 0.3) is 0 Å². The zero-order chi connectivity index (χ0) is 11.6. The largest absolute Gasteiger partial charge is 0.494 e. The lowest BCUT2D eigenvalue weighted by Crippen LogP contribution is -1.95. The van der Waals surface area contributed by atoms with Crippen molar-refractivity contribution in [2.75, 3.05) is 6.61 Å². The third-order valence-electron chi connectivity index (χ3n) is 2.86. The lowest BCUT2D eigenvalue weighted by Gasteiger charge is -2.04. The minimum absolute atomic E-state index is 0.326. The van der Waals surface area contributed by atoms with Crippen molar-refractivity contribution in [3.63, 3.8) is 0 Å². The van der Waals surface area contributed by atoms with Gasteiger partial charge in [0.15, 0.2) is 5.88 Å². The molecule has 0 atom stereocenters. The monoisotopic (exact) mass is 225 g/mol. The maximum Gasteiger partial charge on any atom is 0.190 e. The van der Waals surface area contributed by atoms with Gasteiger partial charge in [-0.1, -0.05) is 32.1 Å². The van der Waals surface area contributed by atoms with Gasteiger partial charge >= 0.3 is 0 Å². The number of unbranched alkanes of at least 4 members (excludes halogenated alkanes) is 6. The van der Waals surface area contributed by atoms with Crippen LogP contribution in [0.4, 0.5) is 0 Å². The van der Waals surface area contributed by atoms with Gasteiger partial charge in [0.2, 0.25) is 0 Å². The summed E-state index contributed by atoms with van der Waals surface area (Å²) < 4.78 is 1.88. The van der Waals surface area contributed by atoms with E-state index in [0.29, 0.717) is 12.5 Å². The molecule has 1 aromatic rings. The van der Waals surface area contributed by atoms with Crippen LogP contribution in [0.2, 0.25) is 0 Å². The van der Waals surface area contributed by atoms with Gasteiger partial charge in [0.1, 0.15) is 0 Å². The second-order valence-electron chi connectivity index (χ2n) is 4.26. The topological polar surface area (TPSA) is 45.4 Å². The van der Waals surface area contributed by atoms with Crippen molar-refractivity contribution in [2.45, 2.75) is 51.5 Å². The second-order valence-corrected chi connectivity index (χ2v) is 4.26. The van der Waals surface area contributed by atoms with Crippen LogP contribution in [0.15, 0.2) is 18.3 Å². The Kier molecular flexibility index (Phi) is 6.74. The summed E-state index contributed by atoms with van der Waals surface area (Å²) in [4.78, 5) is 0. The summed E-state index contributed by atoms with van der Waals surface area (Å²) in [5, 5.41) is 18.0. The number of rotatable bonds is 9. The molecule has 0 saturated heterocycles. The van der Waals surface area contributed by atoms with Gasteiger partial charge in [-0.25, -0.2) is 0 Å². The van der Waals surface area contributed by atoms with E-state index in [-0.39, 0.29) is 0 Å². The standard InChI is InChI=1S/C13H23NO2/c15-12-7-5-3-1-2-4-6-10-14-11-8-9-13(14)16/h8-9,11,15-16H,1-7,10,12H2. The summed E-state index contributed by atoms with van der Waals surface area (Å²) in [6, 6.07) is 3.58. The molecule has 0 radical (unpaired) electrons. The van der Waals surface area contributed by atoms with Gasteiger partial charge in [-0.05, 0) is 25.0 Å². The minimum atomic E-state index is 0.326. The maximum atomic E-state index is 9.39. The Balaban J connectivity index is 1.91. The number of aliphatic hydroxyl groups is 1. The summed E-state index contributed by atoms with van der Waals surface area (Å²) in [5.41, 5.74) is 0. The number of aryl methyl sites for hydroxylation is 1. The Hall–Kier alpha value is -0.960. The Morgan fingerprint density at radius 3 is 2.12 bits per heavy atom. The average Bonchev–Trinajstić information content (AvgIpc) is 2.68. The van der Waals surface area contributed by atoms with Crippen molar-refractivity contribution in [1.82, 2.24) is 4.57 Å². The molecule has 16 heavy (non-hydrogen) atoms. The number of hydrogen-bond donors (Lipinski definition) is 2. The summed E-state index contributed by atoms with van der Waals surface area (Å²) in [6.45, 7) is 1.24. The highest BCUT2D eigenvalue weighted by Crippen LogP contribution is 2.12. The normalized spacial score (nSPS) is 10.8. The minimum Gasteiger partial charge on any atom is -0.494 e. The maximum absolute atomic E-state index is 9.39. The van der Waals surface area contributed by atoms with Gasteiger partial charge in [0, 0.05) is 19.3 Å². The first-order valence-electron chi connectivity index (χ1n) is 6.29. The molecule has 0 saturated carbocycles. The van der Waals surface area contributed by atoms with Gasteiger partial charge in [-0.15, -0.1) is 0 Å². The van der Waals surface area contributed by atoms with Crippen LogP contribution in [0.1, 0.15) is 44.9 Å². The fraction of sp³-hybridized carbons (Fsp3) is 0.692. The van der Waals surface area contributed by atoms with E-state index in [1.165, 1.54) is 25.7 Å². The predicted octanol–water partition coefficient (Wildman–Crippen LogP) is 2.92. The highest BCUT2D eigenvalue weighted by Gasteiger charge is 1.97. The van der Waals surface area contributed by atoms with Crippen LogP contribution in [0.3, 0.4) is 0 Å². The van der Waals surface area contributed by atoms with Crippen molar-refractivity contribution in [1.29, 1.82) is 0 Å². The average molecular weight is 225 g/mol. The van der Waals surface area contributed by atoms with Crippen LogP contribution in [0, 0.1) is 0 Å². The smallest absolute Gasteiger partial charge is 0.190 e. The Labute approximate surface area is 97.7 Å². The van der Waals surface area contributed by atoms with Gasteiger partial charge < -0.3 is 14.8 Å². The molecular formula is C13H23NO2. The highest BCUT2D eigenvalue weighted by molar-refractivity contribution is 5.10. The molecule has 0 spiro atoms. The van der Waals surface area contributed by atoms with E-state index in [0.717, 1.165) is 25.8 Å². The fourth-order valence-corrected chi connectivity index (χ4v) is 1.87. The van der Waals surface area contributed by atoms with Crippen LogP contribution < -0.4 is 0 Å². The van der Waals surface area contributed by atoms with Crippen LogP contribution in [-0.2, 0) is 6.54 Å². The van der Waals surface area contributed by atoms with Crippen molar-refractivity contribution in [3.8, 4) is 5.88 Å². The van der Waals surface area contributed by atoms with Crippen LogP contribution in [-0.4, -0.2) is 21.4 Å². The summed E-state index contributed by atoms with van der Waals surface area (Å²) in [6.07, 6.45) is 10.1. The molecule has 0 amide bonds. The Morgan fingerprint density at radius 2 is 1.56 bits per heavy atom. The van der Waals surface area contributed by atoms with Crippen molar-refractivity contribution in [3.05, 3.63) is 18.3 Å². The first-order chi connectivity index (χ1) is 7.84. The Bertz CT molecular complexity index is 271. The summed E-state index contributed by atoms with van der Waals surface area (Å²) in [7, 11) is 0. The quantitative estimate of drug-likeness (QED) is 0.635. The Morgan fingerprint density at radius 1 is 0.938 bits per heavy atom. The molecule has 0 bridgehead atoms. The molecule has 3 heteroatoms.